The quantitative estimate of drug-likeness (QED) is 0.631. The van der Waals surface area contributed by atoms with Crippen molar-refractivity contribution < 1.29 is 14.3 Å². The predicted molar refractivity (Wildman–Crippen MR) is 61.9 cm³/mol. The molecule has 0 aromatic heterocycles. The van der Waals surface area contributed by atoms with Gasteiger partial charge in [-0.05, 0) is 40.8 Å². The zero-order valence-electron chi connectivity index (χ0n) is 8.04. The van der Waals surface area contributed by atoms with Gasteiger partial charge in [0, 0.05) is 12.7 Å². The van der Waals surface area contributed by atoms with Crippen molar-refractivity contribution in [1.82, 2.24) is 0 Å². The molecule has 0 unspecified atom stereocenters. The maximum atomic E-state index is 11.4. The van der Waals surface area contributed by atoms with Crippen molar-refractivity contribution >= 4 is 28.4 Å². The van der Waals surface area contributed by atoms with Gasteiger partial charge in [-0.2, -0.15) is 0 Å². The first-order valence-corrected chi connectivity index (χ1v) is 5.12. The normalized spacial score (nSPS) is 9.93. The minimum atomic E-state index is -0.0203. The standard InChI is InChI=1S/C10H11IO3/c1-13-6-9(12)7-3-4-10(14-2)8(11)5-7/h3-5H,6H2,1-2H3. The Morgan fingerprint density at radius 2 is 2.14 bits per heavy atom. The molecule has 1 rings (SSSR count). The molecule has 14 heavy (non-hydrogen) atoms. The van der Waals surface area contributed by atoms with Gasteiger partial charge in [0.25, 0.3) is 0 Å². The minimum Gasteiger partial charge on any atom is -0.496 e. The van der Waals surface area contributed by atoms with Crippen LogP contribution < -0.4 is 4.74 Å². The number of halogens is 1. The van der Waals surface area contributed by atoms with Crippen LogP contribution in [0.15, 0.2) is 18.2 Å². The molecule has 0 radical (unpaired) electrons. The van der Waals surface area contributed by atoms with Crippen molar-refractivity contribution in [3.8, 4) is 5.75 Å². The molecule has 0 aliphatic heterocycles. The van der Waals surface area contributed by atoms with Gasteiger partial charge in [0.15, 0.2) is 5.78 Å². The lowest BCUT2D eigenvalue weighted by molar-refractivity contribution is 0.0848. The highest BCUT2D eigenvalue weighted by Crippen LogP contribution is 2.21. The van der Waals surface area contributed by atoms with Gasteiger partial charge in [0.1, 0.15) is 12.4 Å². The molecule has 4 heteroatoms. The summed E-state index contributed by atoms with van der Waals surface area (Å²) in [7, 11) is 3.11. The fourth-order valence-corrected chi connectivity index (χ4v) is 1.79. The Balaban J connectivity index is 2.91. The van der Waals surface area contributed by atoms with Crippen LogP contribution in [0.4, 0.5) is 0 Å². The van der Waals surface area contributed by atoms with E-state index in [9.17, 15) is 4.79 Å². The van der Waals surface area contributed by atoms with Crippen LogP contribution in [0.5, 0.6) is 5.75 Å². The molecule has 0 aliphatic rings. The van der Waals surface area contributed by atoms with E-state index in [0.29, 0.717) is 5.56 Å². The Hall–Kier alpha value is -0.620. The number of rotatable bonds is 4. The van der Waals surface area contributed by atoms with E-state index in [1.54, 1.807) is 25.3 Å². The Bertz CT molecular complexity index is 336. The van der Waals surface area contributed by atoms with Crippen molar-refractivity contribution in [2.75, 3.05) is 20.8 Å². The smallest absolute Gasteiger partial charge is 0.188 e. The molecule has 0 fully saturated rings. The summed E-state index contributed by atoms with van der Waals surface area (Å²) in [5.74, 6) is 0.757. The first kappa shape index (κ1) is 11.5. The van der Waals surface area contributed by atoms with Crippen LogP contribution in [-0.2, 0) is 4.74 Å². The molecule has 0 N–H and O–H groups in total. The van der Waals surface area contributed by atoms with Crippen LogP contribution >= 0.6 is 22.6 Å². The summed E-state index contributed by atoms with van der Waals surface area (Å²) in [4.78, 5) is 11.4. The summed E-state index contributed by atoms with van der Waals surface area (Å²) in [6.07, 6.45) is 0. The zero-order valence-corrected chi connectivity index (χ0v) is 10.2. The number of carbonyl (C=O) groups is 1. The molecule has 76 valence electrons. The summed E-state index contributed by atoms with van der Waals surface area (Å²) >= 11 is 2.13. The van der Waals surface area contributed by atoms with Gasteiger partial charge in [0.05, 0.1) is 10.7 Å². The summed E-state index contributed by atoms with van der Waals surface area (Å²) in [5.41, 5.74) is 0.650. The minimum absolute atomic E-state index is 0.0203. The highest BCUT2D eigenvalue weighted by Gasteiger charge is 2.07. The monoisotopic (exact) mass is 306 g/mol. The van der Waals surface area contributed by atoms with Crippen molar-refractivity contribution in [2.24, 2.45) is 0 Å². The average Bonchev–Trinajstić information content (AvgIpc) is 2.18. The van der Waals surface area contributed by atoms with Gasteiger partial charge in [-0.15, -0.1) is 0 Å². The average molecular weight is 306 g/mol. The van der Waals surface area contributed by atoms with Crippen LogP contribution in [-0.4, -0.2) is 26.6 Å². The topological polar surface area (TPSA) is 35.5 Å². The van der Waals surface area contributed by atoms with Crippen molar-refractivity contribution in [1.29, 1.82) is 0 Å². The number of benzene rings is 1. The molecule has 0 heterocycles. The molecule has 0 amide bonds. The molecule has 0 saturated heterocycles. The molecule has 1 aromatic rings. The highest BCUT2D eigenvalue weighted by molar-refractivity contribution is 14.1. The third-order valence-corrected chi connectivity index (χ3v) is 2.59. The van der Waals surface area contributed by atoms with Crippen LogP contribution in [0.3, 0.4) is 0 Å². The second-order valence-electron chi connectivity index (χ2n) is 2.71. The lowest BCUT2D eigenvalue weighted by Crippen LogP contribution is -2.07. The molecule has 0 spiro atoms. The SMILES string of the molecule is COCC(=O)c1ccc(OC)c(I)c1. The van der Waals surface area contributed by atoms with Gasteiger partial charge in [-0.25, -0.2) is 0 Å². The third-order valence-electron chi connectivity index (χ3n) is 1.75. The number of Topliss-reactive ketones (excluding diaryl/α,β-unsaturated/α-hetero) is 1. The van der Waals surface area contributed by atoms with Gasteiger partial charge in [0.2, 0.25) is 0 Å². The number of hydrogen-bond acceptors (Lipinski definition) is 3. The Kier molecular flexibility index (Phi) is 4.34. The Labute approximate surface area is 96.5 Å². The van der Waals surface area contributed by atoms with Crippen molar-refractivity contribution in [2.45, 2.75) is 0 Å². The molecule has 0 bridgehead atoms. The van der Waals surface area contributed by atoms with Crippen molar-refractivity contribution in [3.05, 3.63) is 27.3 Å². The highest BCUT2D eigenvalue weighted by atomic mass is 127. The maximum Gasteiger partial charge on any atom is 0.188 e. The Morgan fingerprint density at radius 3 is 2.64 bits per heavy atom. The van der Waals surface area contributed by atoms with Gasteiger partial charge in [-0.3, -0.25) is 4.79 Å². The number of ketones is 1. The molecular weight excluding hydrogens is 295 g/mol. The van der Waals surface area contributed by atoms with E-state index in [4.69, 9.17) is 9.47 Å². The lowest BCUT2D eigenvalue weighted by atomic mass is 10.1. The van der Waals surface area contributed by atoms with E-state index in [2.05, 4.69) is 22.6 Å². The summed E-state index contributed by atoms with van der Waals surface area (Å²) in [6, 6.07) is 5.31. The van der Waals surface area contributed by atoms with E-state index in [0.717, 1.165) is 9.32 Å². The number of ether oxygens (including phenoxy) is 2. The van der Waals surface area contributed by atoms with Crippen LogP contribution in [0.2, 0.25) is 0 Å². The first-order valence-electron chi connectivity index (χ1n) is 4.04. The van der Waals surface area contributed by atoms with E-state index < -0.39 is 0 Å². The summed E-state index contributed by atoms with van der Waals surface area (Å²) in [6.45, 7) is 0.114. The fraction of sp³-hybridized carbons (Fsp3) is 0.300. The van der Waals surface area contributed by atoms with Crippen LogP contribution in [0.1, 0.15) is 10.4 Å². The lowest BCUT2D eigenvalue weighted by Gasteiger charge is -2.05. The molecule has 3 nitrogen and oxygen atoms in total. The van der Waals surface area contributed by atoms with E-state index >= 15 is 0 Å². The third kappa shape index (κ3) is 2.68. The van der Waals surface area contributed by atoms with Gasteiger partial charge >= 0.3 is 0 Å². The second kappa shape index (κ2) is 5.31. The number of methoxy groups -OCH3 is 2. The number of carbonyl (C=O) groups excluding carboxylic acids is 1. The van der Waals surface area contributed by atoms with E-state index in [-0.39, 0.29) is 12.4 Å². The zero-order chi connectivity index (χ0) is 10.6. The van der Waals surface area contributed by atoms with Crippen LogP contribution in [0.25, 0.3) is 0 Å². The molecule has 0 atom stereocenters. The molecule has 0 aliphatic carbocycles. The van der Waals surface area contributed by atoms with E-state index in [1.807, 2.05) is 0 Å². The molecular formula is C10H11IO3. The van der Waals surface area contributed by atoms with E-state index in [1.165, 1.54) is 7.11 Å². The summed E-state index contributed by atoms with van der Waals surface area (Å²) in [5, 5.41) is 0. The molecule has 1 aromatic carbocycles. The molecule has 0 saturated carbocycles. The van der Waals surface area contributed by atoms with Crippen molar-refractivity contribution in [3.63, 3.8) is 0 Å². The largest absolute Gasteiger partial charge is 0.496 e. The predicted octanol–water partition coefficient (Wildman–Crippen LogP) is 2.13. The number of hydrogen-bond donors (Lipinski definition) is 0. The van der Waals surface area contributed by atoms with Gasteiger partial charge in [-0.1, -0.05) is 0 Å². The first-order chi connectivity index (χ1) is 6.69. The van der Waals surface area contributed by atoms with Gasteiger partial charge < -0.3 is 9.47 Å². The Morgan fingerprint density at radius 1 is 1.43 bits per heavy atom. The second-order valence-corrected chi connectivity index (χ2v) is 3.87. The van der Waals surface area contributed by atoms with Crippen LogP contribution in [0, 0.1) is 3.57 Å². The summed E-state index contributed by atoms with van der Waals surface area (Å²) < 4.78 is 10.8. The fourth-order valence-electron chi connectivity index (χ4n) is 1.05. The maximum absolute atomic E-state index is 11.4.